The molecule has 0 N–H and O–H groups in total. The van der Waals surface area contributed by atoms with Gasteiger partial charge in [-0.1, -0.05) is 40.0 Å². The normalized spacial score (nSPS) is 10.4. The van der Waals surface area contributed by atoms with Crippen LogP contribution in [0.5, 0.6) is 17.2 Å². The molecular weight excluding hydrogens is 792 g/mol. The van der Waals surface area contributed by atoms with E-state index in [4.69, 9.17) is 28.4 Å². The molecule has 18 heteroatoms. The van der Waals surface area contributed by atoms with Crippen LogP contribution < -0.4 is 14.2 Å². The molecule has 0 aliphatic heterocycles. The zero-order chi connectivity index (χ0) is 43.4. The van der Waals surface area contributed by atoms with Gasteiger partial charge in [0, 0.05) is 0 Å². The minimum Gasteiger partial charge on any atom is -0.494 e. The highest BCUT2D eigenvalue weighted by atomic mass is 17.2. The SMILES string of the molecule is CCCCOc1ccc(C(=O)OOC(=O)OCCC(CCOC(=O)OOC(=O)c2ccc(OCCCC)cc2)COC(=O)OOC(=O)c2ccc(OCCCC)cc2)cc1. The lowest BCUT2D eigenvalue weighted by Gasteiger charge is -2.16. The summed E-state index contributed by atoms with van der Waals surface area (Å²) in [4.78, 5) is 101. The first-order valence-electron chi connectivity index (χ1n) is 19.5. The van der Waals surface area contributed by atoms with E-state index in [0.29, 0.717) is 37.1 Å². The molecule has 0 saturated carbocycles. The number of ether oxygens (including phenoxy) is 6. The van der Waals surface area contributed by atoms with Crippen molar-refractivity contribution in [2.24, 2.45) is 5.92 Å². The summed E-state index contributed by atoms with van der Waals surface area (Å²) in [6, 6.07) is 18.0. The minimum absolute atomic E-state index is 0.0200. The minimum atomic E-state index is -1.38. The molecule has 3 rings (SSSR count). The predicted octanol–water partition coefficient (Wildman–Crippen LogP) is 8.70. The monoisotopic (exact) mass is 842 g/mol. The summed E-state index contributed by atoms with van der Waals surface area (Å²) in [7, 11) is 0. The number of carbonyl (C=O) groups excluding carboxylic acids is 6. The van der Waals surface area contributed by atoms with Crippen LogP contribution in [0.4, 0.5) is 14.4 Å². The fourth-order valence-electron chi connectivity index (χ4n) is 4.61. The maximum Gasteiger partial charge on any atom is 0.549 e. The molecule has 0 amide bonds. The van der Waals surface area contributed by atoms with Gasteiger partial charge in [-0.05, 0) is 111 Å². The molecule has 0 bridgehead atoms. The smallest absolute Gasteiger partial charge is 0.494 e. The van der Waals surface area contributed by atoms with Crippen molar-refractivity contribution >= 4 is 36.4 Å². The molecule has 0 fully saturated rings. The van der Waals surface area contributed by atoms with E-state index in [1.54, 1.807) is 36.4 Å². The van der Waals surface area contributed by atoms with Gasteiger partial charge in [0.15, 0.2) is 0 Å². The van der Waals surface area contributed by atoms with E-state index >= 15 is 0 Å². The van der Waals surface area contributed by atoms with Gasteiger partial charge >= 0.3 is 36.4 Å². The molecule has 326 valence electrons. The molecule has 0 unspecified atom stereocenters. The van der Waals surface area contributed by atoms with Crippen LogP contribution in [0.3, 0.4) is 0 Å². The van der Waals surface area contributed by atoms with Crippen LogP contribution in [0.2, 0.25) is 0 Å². The van der Waals surface area contributed by atoms with Gasteiger partial charge in [-0.3, -0.25) is 0 Å². The third-order valence-electron chi connectivity index (χ3n) is 8.06. The summed E-state index contributed by atoms with van der Waals surface area (Å²) >= 11 is 0. The van der Waals surface area contributed by atoms with Gasteiger partial charge < -0.3 is 28.4 Å². The number of rotatable bonds is 23. The van der Waals surface area contributed by atoms with Crippen LogP contribution in [0.1, 0.15) is 103 Å². The lowest BCUT2D eigenvalue weighted by Crippen LogP contribution is -2.21. The standard InChI is InChI=1S/C42H50O18/c1-4-7-24-49-34-16-10-31(11-17-34)37(43)55-58-40(46)52-27-22-30(29-54-42(48)60-57-39(45)33-14-20-36(21-15-33)51-26-9-6-3)23-28-53-41(47)59-56-38(44)32-12-18-35(19-13-32)50-25-8-5-2/h10-21,30H,4-9,22-29H2,1-3H3. The molecule has 0 atom stereocenters. The zero-order valence-corrected chi connectivity index (χ0v) is 33.8. The highest BCUT2D eigenvalue weighted by Gasteiger charge is 2.20. The quantitative estimate of drug-likeness (QED) is 0.0287. The van der Waals surface area contributed by atoms with Crippen molar-refractivity contribution in [1.29, 1.82) is 0 Å². The summed E-state index contributed by atoms with van der Waals surface area (Å²) in [5, 5.41) is 0. The number of benzene rings is 3. The molecule has 0 spiro atoms. The van der Waals surface area contributed by atoms with E-state index < -0.39 is 48.9 Å². The van der Waals surface area contributed by atoms with Crippen molar-refractivity contribution < 1.29 is 86.5 Å². The van der Waals surface area contributed by atoms with Gasteiger partial charge in [0.1, 0.15) is 17.2 Å². The van der Waals surface area contributed by atoms with Crippen molar-refractivity contribution in [2.45, 2.75) is 72.1 Å². The number of hydrogen-bond acceptors (Lipinski definition) is 18. The Balaban J connectivity index is 1.46. The van der Waals surface area contributed by atoms with Crippen molar-refractivity contribution in [3.63, 3.8) is 0 Å². The lowest BCUT2D eigenvalue weighted by atomic mass is 10.0. The molecule has 0 saturated heterocycles. The number of carbonyl (C=O) groups is 6. The van der Waals surface area contributed by atoms with Gasteiger partial charge in [-0.25, -0.2) is 43.7 Å². The van der Waals surface area contributed by atoms with E-state index in [9.17, 15) is 28.8 Å². The van der Waals surface area contributed by atoms with Crippen LogP contribution in [-0.2, 0) is 43.5 Å². The third-order valence-corrected chi connectivity index (χ3v) is 8.06. The molecule has 0 heterocycles. The van der Waals surface area contributed by atoms with E-state index in [2.05, 4.69) is 29.3 Å². The summed E-state index contributed by atoms with van der Waals surface area (Å²) in [6.07, 6.45) is 1.37. The van der Waals surface area contributed by atoms with Crippen molar-refractivity contribution in [3.05, 3.63) is 89.5 Å². The van der Waals surface area contributed by atoms with Gasteiger partial charge in [-0.2, -0.15) is 14.4 Å². The highest BCUT2D eigenvalue weighted by Crippen LogP contribution is 2.17. The Morgan fingerprint density at radius 2 is 0.700 bits per heavy atom. The average Bonchev–Trinajstić information content (AvgIpc) is 3.26. The Kier molecular flexibility index (Phi) is 22.1. The topological polar surface area (TPSA) is 213 Å². The zero-order valence-electron chi connectivity index (χ0n) is 33.8. The van der Waals surface area contributed by atoms with Crippen LogP contribution in [-0.4, -0.2) is 76.0 Å². The first-order valence-corrected chi connectivity index (χ1v) is 19.5. The van der Waals surface area contributed by atoms with E-state index in [1.807, 2.05) is 20.8 Å². The van der Waals surface area contributed by atoms with Gasteiger partial charge in [0.25, 0.3) is 0 Å². The Labute approximate surface area is 346 Å². The molecule has 0 aliphatic rings. The van der Waals surface area contributed by atoms with E-state index in [-0.39, 0.29) is 42.7 Å². The molecule has 0 radical (unpaired) electrons. The van der Waals surface area contributed by atoms with Gasteiger partial charge in [-0.15, -0.1) is 0 Å². The second-order valence-corrected chi connectivity index (χ2v) is 12.7. The molecule has 0 aromatic heterocycles. The highest BCUT2D eigenvalue weighted by molar-refractivity contribution is 5.90. The van der Waals surface area contributed by atoms with Crippen molar-refractivity contribution in [3.8, 4) is 17.2 Å². The van der Waals surface area contributed by atoms with Crippen LogP contribution in [0.25, 0.3) is 0 Å². The maximum atomic E-state index is 12.3. The fraction of sp³-hybridized carbons (Fsp3) is 0.429. The second-order valence-electron chi connectivity index (χ2n) is 12.7. The summed E-state index contributed by atoms with van der Waals surface area (Å²) < 4.78 is 31.6. The van der Waals surface area contributed by atoms with E-state index in [0.717, 1.165) is 38.5 Å². The molecular formula is C42H50O18. The van der Waals surface area contributed by atoms with Gasteiger partial charge in [0.05, 0.1) is 56.3 Å². The van der Waals surface area contributed by atoms with Gasteiger partial charge in [0.2, 0.25) is 0 Å². The summed E-state index contributed by atoms with van der Waals surface area (Å²) in [5.41, 5.74) is 0.241. The van der Waals surface area contributed by atoms with Crippen LogP contribution in [0.15, 0.2) is 72.8 Å². The number of hydrogen-bond donors (Lipinski definition) is 0. The van der Waals surface area contributed by atoms with Crippen molar-refractivity contribution in [1.82, 2.24) is 0 Å². The summed E-state index contributed by atoms with van der Waals surface area (Å²) in [6.45, 7) is 6.56. The Morgan fingerprint density at radius 1 is 0.400 bits per heavy atom. The second kappa shape index (κ2) is 27.8. The molecule has 0 aliphatic carbocycles. The molecule has 3 aromatic rings. The van der Waals surface area contributed by atoms with Crippen molar-refractivity contribution in [2.75, 3.05) is 39.6 Å². The fourth-order valence-corrected chi connectivity index (χ4v) is 4.61. The third kappa shape index (κ3) is 19.1. The average molecular weight is 843 g/mol. The van der Waals surface area contributed by atoms with Crippen LogP contribution in [0, 0.1) is 5.92 Å². The molecule has 3 aromatic carbocycles. The van der Waals surface area contributed by atoms with E-state index in [1.165, 1.54) is 36.4 Å². The predicted molar refractivity (Wildman–Crippen MR) is 207 cm³/mol. The summed E-state index contributed by atoms with van der Waals surface area (Å²) in [5.74, 6) is -1.94. The molecule has 60 heavy (non-hydrogen) atoms. The Hall–Kier alpha value is -6.72. The largest absolute Gasteiger partial charge is 0.549 e. The van der Waals surface area contributed by atoms with Crippen LogP contribution >= 0.6 is 0 Å². The Morgan fingerprint density at radius 3 is 1.00 bits per heavy atom. The number of unbranched alkanes of at least 4 members (excludes halogenated alkanes) is 3. The first kappa shape index (κ1) is 47.7. The Bertz CT molecular complexity index is 1670. The lowest BCUT2D eigenvalue weighted by molar-refractivity contribution is -0.206. The molecule has 18 nitrogen and oxygen atoms in total. The maximum absolute atomic E-state index is 12.3. The first-order chi connectivity index (χ1) is 29.1.